The zero-order valence-corrected chi connectivity index (χ0v) is 8.22. The number of carbonyl (C=O) groups is 1. The zero-order chi connectivity index (χ0) is 9.19. The molecule has 0 heterocycles. The Balaban J connectivity index is 2.41. The van der Waals surface area contributed by atoms with E-state index >= 15 is 0 Å². The van der Waals surface area contributed by atoms with Crippen LogP contribution in [-0.2, 0) is 9.53 Å². The van der Waals surface area contributed by atoms with E-state index < -0.39 is 0 Å². The third-order valence-corrected chi connectivity index (χ3v) is 2.87. The Hall–Kier alpha value is -0.530. The maximum atomic E-state index is 11.2. The average Bonchev–Trinajstić information content (AvgIpc) is 2.03. The van der Waals surface area contributed by atoms with Gasteiger partial charge in [-0.15, -0.1) is 0 Å². The molecule has 1 aliphatic rings. The van der Waals surface area contributed by atoms with Gasteiger partial charge in [-0.2, -0.15) is 0 Å². The van der Waals surface area contributed by atoms with Crippen LogP contribution in [0, 0.1) is 11.3 Å². The topological polar surface area (TPSA) is 26.3 Å². The van der Waals surface area contributed by atoms with Gasteiger partial charge >= 0.3 is 5.97 Å². The summed E-state index contributed by atoms with van der Waals surface area (Å²) in [5.74, 6) is 0.147. The number of hydrogen-bond acceptors (Lipinski definition) is 2. The zero-order valence-electron chi connectivity index (χ0n) is 8.22. The molecule has 70 valence electrons. The van der Waals surface area contributed by atoms with Crippen molar-refractivity contribution in [2.75, 3.05) is 7.11 Å². The summed E-state index contributed by atoms with van der Waals surface area (Å²) in [5, 5.41) is 0. The number of hydrogen-bond donors (Lipinski definition) is 0. The minimum absolute atomic E-state index is 0.0227. The second-order valence-electron chi connectivity index (χ2n) is 4.46. The summed E-state index contributed by atoms with van der Waals surface area (Å²) in [6, 6.07) is 0. The summed E-state index contributed by atoms with van der Waals surface area (Å²) in [5.41, 5.74) is 0.435. The average molecular weight is 170 g/mol. The summed E-state index contributed by atoms with van der Waals surface area (Å²) in [6.45, 7) is 4.53. The molecular formula is C10H18O2. The summed E-state index contributed by atoms with van der Waals surface area (Å²) in [7, 11) is 1.47. The van der Waals surface area contributed by atoms with Crippen molar-refractivity contribution in [2.24, 2.45) is 11.3 Å². The molecule has 0 aliphatic heterocycles. The Morgan fingerprint density at radius 1 is 1.33 bits per heavy atom. The minimum Gasteiger partial charge on any atom is -0.469 e. The van der Waals surface area contributed by atoms with Crippen LogP contribution in [0.2, 0.25) is 0 Å². The fourth-order valence-electron chi connectivity index (χ4n) is 1.80. The van der Waals surface area contributed by atoms with E-state index in [0.717, 1.165) is 25.7 Å². The van der Waals surface area contributed by atoms with Gasteiger partial charge in [0, 0.05) is 0 Å². The lowest BCUT2D eigenvalue weighted by Gasteiger charge is -2.32. The van der Waals surface area contributed by atoms with E-state index in [1.165, 1.54) is 7.11 Å². The van der Waals surface area contributed by atoms with Gasteiger partial charge in [-0.25, -0.2) is 0 Å². The largest absolute Gasteiger partial charge is 0.469 e. The number of carbonyl (C=O) groups excluding carboxylic acids is 1. The van der Waals surface area contributed by atoms with Crippen molar-refractivity contribution < 1.29 is 9.53 Å². The fraction of sp³-hybridized carbons (Fsp3) is 0.900. The SMILES string of the molecule is COC(=O)C1CCC(C)(C)CC1. The highest BCUT2D eigenvalue weighted by molar-refractivity contribution is 5.72. The van der Waals surface area contributed by atoms with Crippen LogP contribution in [-0.4, -0.2) is 13.1 Å². The van der Waals surface area contributed by atoms with E-state index in [9.17, 15) is 4.79 Å². The van der Waals surface area contributed by atoms with Crippen LogP contribution in [0.15, 0.2) is 0 Å². The molecule has 0 amide bonds. The van der Waals surface area contributed by atoms with E-state index in [-0.39, 0.29) is 11.9 Å². The Bertz CT molecular complexity index is 163. The van der Waals surface area contributed by atoms with Crippen molar-refractivity contribution >= 4 is 5.97 Å². The van der Waals surface area contributed by atoms with Gasteiger partial charge in [0.15, 0.2) is 0 Å². The molecule has 0 bridgehead atoms. The van der Waals surface area contributed by atoms with Crippen molar-refractivity contribution in [3.63, 3.8) is 0 Å². The summed E-state index contributed by atoms with van der Waals surface area (Å²) < 4.78 is 4.72. The first-order chi connectivity index (χ1) is 5.55. The summed E-state index contributed by atoms with van der Waals surface area (Å²) in [4.78, 5) is 11.2. The molecule has 0 unspecified atom stereocenters. The Labute approximate surface area is 74.3 Å². The van der Waals surface area contributed by atoms with Crippen LogP contribution < -0.4 is 0 Å². The molecule has 1 rings (SSSR count). The van der Waals surface area contributed by atoms with Crippen molar-refractivity contribution in [1.82, 2.24) is 0 Å². The third-order valence-electron chi connectivity index (χ3n) is 2.87. The van der Waals surface area contributed by atoms with Gasteiger partial charge in [-0.3, -0.25) is 4.79 Å². The van der Waals surface area contributed by atoms with Gasteiger partial charge in [-0.05, 0) is 31.1 Å². The maximum absolute atomic E-state index is 11.2. The van der Waals surface area contributed by atoms with E-state index in [0.29, 0.717) is 5.41 Å². The van der Waals surface area contributed by atoms with Crippen molar-refractivity contribution in [2.45, 2.75) is 39.5 Å². The number of rotatable bonds is 1. The second-order valence-corrected chi connectivity index (χ2v) is 4.46. The van der Waals surface area contributed by atoms with Gasteiger partial charge in [0.25, 0.3) is 0 Å². The highest BCUT2D eigenvalue weighted by atomic mass is 16.5. The first-order valence-corrected chi connectivity index (χ1v) is 4.63. The molecule has 1 aliphatic carbocycles. The molecule has 0 spiro atoms. The first kappa shape index (κ1) is 9.56. The minimum atomic E-state index is -0.0227. The van der Waals surface area contributed by atoms with E-state index in [1.807, 2.05) is 0 Å². The molecule has 2 heteroatoms. The van der Waals surface area contributed by atoms with E-state index in [4.69, 9.17) is 4.74 Å². The molecule has 1 saturated carbocycles. The van der Waals surface area contributed by atoms with E-state index in [2.05, 4.69) is 13.8 Å². The van der Waals surface area contributed by atoms with Crippen molar-refractivity contribution in [3.05, 3.63) is 0 Å². The van der Waals surface area contributed by atoms with Gasteiger partial charge < -0.3 is 4.74 Å². The van der Waals surface area contributed by atoms with E-state index in [1.54, 1.807) is 0 Å². The molecule has 0 atom stereocenters. The molecule has 0 radical (unpaired) electrons. The Morgan fingerprint density at radius 2 is 1.83 bits per heavy atom. The molecule has 1 fully saturated rings. The van der Waals surface area contributed by atoms with Crippen LogP contribution >= 0.6 is 0 Å². The van der Waals surface area contributed by atoms with Crippen LogP contribution in [0.25, 0.3) is 0 Å². The quantitative estimate of drug-likeness (QED) is 0.565. The summed E-state index contributed by atoms with van der Waals surface area (Å²) in [6.07, 6.45) is 4.29. The molecule has 0 aromatic heterocycles. The lowest BCUT2D eigenvalue weighted by atomic mass is 9.73. The molecular weight excluding hydrogens is 152 g/mol. The molecule has 0 saturated heterocycles. The van der Waals surface area contributed by atoms with Gasteiger partial charge in [0.2, 0.25) is 0 Å². The highest BCUT2D eigenvalue weighted by Crippen LogP contribution is 2.38. The van der Waals surface area contributed by atoms with Crippen LogP contribution in [0.4, 0.5) is 0 Å². The lowest BCUT2D eigenvalue weighted by Crippen LogP contribution is -2.26. The molecule has 2 nitrogen and oxygen atoms in total. The van der Waals surface area contributed by atoms with Crippen LogP contribution in [0.3, 0.4) is 0 Å². The molecule has 0 N–H and O–H groups in total. The molecule has 0 aromatic rings. The Morgan fingerprint density at radius 3 is 2.25 bits per heavy atom. The monoisotopic (exact) mass is 170 g/mol. The summed E-state index contributed by atoms with van der Waals surface area (Å²) >= 11 is 0. The fourth-order valence-corrected chi connectivity index (χ4v) is 1.80. The molecule has 12 heavy (non-hydrogen) atoms. The lowest BCUT2D eigenvalue weighted by molar-refractivity contribution is -0.147. The first-order valence-electron chi connectivity index (χ1n) is 4.63. The Kier molecular flexibility index (Phi) is 2.76. The molecule has 0 aromatic carbocycles. The van der Waals surface area contributed by atoms with Crippen molar-refractivity contribution in [1.29, 1.82) is 0 Å². The highest BCUT2D eigenvalue weighted by Gasteiger charge is 2.30. The predicted molar refractivity (Wildman–Crippen MR) is 47.8 cm³/mol. The smallest absolute Gasteiger partial charge is 0.308 e. The van der Waals surface area contributed by atoms with Gasteiger partial charge in [0.1, 0.15) is 0 Å². The van der Waals surface area contributed by atoms with Crippen LogP contribution in [0.1, 0.15) is 39.5 Å². The normalized spacial score (nSPS) is 23.6. The number of methoxy groups -OCH3 is 1. The maximum Gasteiger partial charge on any atom is 0.308 e. The number of esters is 1. The second kappa shape index (κ2) is 3.46. The predicted octanol–water partition coefficient (Wildman–Crippen LogP) is 2.38. The van der Waals surface area contributed by atoms with Gasteiger partial charge in [0.05, 0.1) is 13.0 Å². The van der Waals surface area contributed by atoms with Crippen molar-refractivity contribution in [3.8, 4) is 0 Å². The van der Waals surface area contributed by atoms with Gasteiger partial charge in [-0.1, -0.05) is 13.8 Å². The standard InChI is InChI=1S/C10H18O2/c1-10(2)6-4-8(5-7-10)9(11)12-3/h8H,4-7H2,1-3H3. The van der Waals surface area contributed by atoms with Crippen LogP contribution in [0.5, 0.6) is 0 Å². The third kappa shape index (κ3) is 2.23. The number of ether oxygens (including phenoxy) is 1.